The number of hydrogen-bond donors (Lipinski definition) is 1. The van der Waals surface area contributed by atoms with Crippen molar-refractivity contribution < 1.29 is 4.74 Å². The van der Waals surface area contributed by atoms with Crippen LogP contribution in [0.4, 0.5) is 11.4 Å². The minimum atomic E-state index is 0.382. The summed E-state index contributed by atoms with van der Waals surface area (Å²) in [7, 11) is 2.01. The summed E-state index contributed by atoms with van der Waals surface area (Å²) >= 11 is 6.14. The Hall–Kier alpha value is -0.930. The van der Waals surface area contributed by atoms with Crippen LogP contribution in [0.3, 0.4) is 0 Å². The van der Waals surface area contributed by atoms with Crippen molar-refractivity contribution in [2.75, 3.05) is 30.9 Å². The SMILES string of the molecule is CN(c1c(N)cccc1Cl)C1CCOC1. The van der Waals surface area contributed by atoms with Gasteiger partial charge in [-0.2, -0.15) is 0 Å². The molecule has 0 spiro atoms. The van der Waals surface area contributed by atoms with Crippen molar-refractivity contribution in [2.45, 2.75) is 12.5 Å². The van der Waals surface area contributed by atoms with E-state index in [4.69, 9.17) is 22.1 Å². The number of halogens is 1. The van der Waals surface area contributed by atoms with E-state index in [1.807, 2.05) is 25.2 Å². The lowest BCUT2D eigenvalue weighted by molar-refractivity contribution is 0.193. The molecule has 1 aromatic rings. The molecule has 2 rings (SSSR count). The van der Waals surface area contributed by atoms with Crippen LogP contribution >= 0.6 is 11.6 Å². The summed E-state index contributed by atoms with van der Waals surface area (Å²) in [6, 6.07) is 5.97. The Labute approximate surface area is 94.8 Å². The van der Waals surface area contributed by atoms with Crippen molar-refractivity contribution in [3.63, 3.8) is 0 Å². The summed E-state index contributed by atoms with van der Waals surface area (Å²) in [5.74, 6) is 0. The summed E-state index contributed by atoms with van der Waals surface area (Å²) < 4.78 is 5.35. The zero-order valence-electron chi connectivity index (χ0n) is 8.74. The molecule has 1 atom stereocenters. The van der Waals surface area contributed by atoms with E-state index in [-0.39, 0.29) is 0 Å². The highest BCUT2D eigenvalue weighted by Crippen LogP contribution is 2.33. The normalized spacial score (nSPS) is 20.5. The Morgan fingerprint density at radius 1 is 1.53 bits per heavy atom. The van der Waals surface area contributed by atoms with Crippen molar-refractivity contribution in [1.29, 1.82) is 0 Å². The molecule has 0 aromatic heterocycles. The fourth-order valence-electron chi connectivity index (χ4n) is 1.91. The average Bonchev–Trinajstić information content (AvgIpc) is 2.69. The molecule has 82 valence electrons. The molecule has 3 nitrogen and oxygen atoms in total. The third-order valence-electron chi connectivity index (χ3n) is 2.82. The van der Waals surface area contributed by atoms with E-state index in [1.165, 1.54) is 0 Å². The van der Waals surface area contributed by atoms with Gasteiger partial charge < -0.3 is 15.4 Å². The Balaban J connectivity index is 2.27. The fourth-order valence-corrected chi connectivity index (χ4v) is 2.23. The van der Waals surface area contributed by atoms with E-state index in [2.05, 4.69) is 4.90 Å². The number of likely N-dealkylation sites (N-methyl/N-ethyl adjacent to an activating group) is 1. The van der Waals surface area contributed by atoms with Gasteiger partial charge in [0.15, 0.2) is 0 Å². The number of nitrogen functional groups attached to an aromatic ring is 1. The summed E-state index contributed by atoms with van der Waals surface area (Å²) in [4.78, 5) is 2.12. The quantitative estimate of drug-likeness (QED) is 0.786. The molecule has 2 N–H and O–H groups in total. The smallest absolute Gasteiger partial charge is 0.0789 e. The molecule has 4 heteroatoms. The van der Waals surface area contributed by atoms with Crippen LogP contribution < -0.4 is 10.6 Å². The van der Waals surface area contributed by atoms with Crippen LogP contribution in [0.1, 0.15) is 6.42 Å². The van der Waals surface area contributed by atoms with E-state index in [0.717, 1.165) is 31.0 Å². The molecular weight excluding hydrogens is 212 g/mol. The van der Waals surface area contributed by atoms with E-state index in [9.17, 15) is 0 Å². The third kappa shape index (κ3) is 2.03. The molecular formula is C11H15ClN2O. The van der Waals surface area contributed by atoms with Gasteiger partial charge in [-0.3, -0.25) is 0 Å². The molecule has 0 radical (unpaired) electrons. The number of nitrogens with two attached hydrogens (primary N) is 1. The minimum Gasteiger partial charge on any atom is -0.397 e. The van der Waals surface area contributed by atoms with E-state index >= 15 is 0 Å². The van der Waals surface area contributed by atoms with Crippen LogP contribution in [0.5, 0.6) is 0 Å². The average molecular weight is 227 g/mol. The topological polar surface area (TPSA) is 38.5 Å². The molecule has 1 aliphatic rings. The lowest BCUT2D eigenvalue weighted by Gasteiger charge is -2.27. The molecule has 1 aliphatic heterocycles. The van der Waals surface area contributed by atoms with Crippen LogP contribution in [0.25, 0.3) is 0 Å². The van der Waals surface area contributed by atoms with Gasteiger partial charge in [0.2, 0.25) is 0 Å². The summed E-state index contributed by atoms with van der Waals surface area (Å²) in [6.07, 6.45) is 1.03. The van der Waals surface area contributed by atoms with Gasteiger partial charge >= 0.3 is 0 Å². The number of benzene rings is 1. The molecule has 1 saturated heterocycles. The summed E-state index contributed by atoms with van der Waals surface area (Å²) in [5.41, 5.74) is 7.55. The number of para-hydroxylation sites is 1. The molecule has 1 fully saturated rings. The minimum absolute atomic E-state index is 0.382. The second-order valence-electron chi connectivity index (χ2n) is 3.81. The Bertz CT molecular complexity index is 330. The standard InChI is InChI=1S/C11H15ClN2O/c1-14(8-5-6-15-7-8)11-9(12)3-2-4-10(11)13/h2-4,8H,5-7,13H2,1H3. The Morgan fingerprint density at radius 3 is 2.93 bits per heavy atom. The van der Waals surface area contributed by atoms with Gasteiger partial charge in [-0.1, -0.05) is 17.7 Å². The van der Waals surface area contributed by atoms with Crippen molar-refractivity contribution in [1.82, 2.24) is 0 Å². The maximum atomic E-state index is 6.14. The number of ether oxygens (including phenoxy) is 1. The molecule has 1 unspecified atom stereocenters. The number of rotatable bonds is 2. The van der Waals surface area contributed by atoms with Crippen LogP contribution in [-0.4, -0.2) is 26.3 Å². The van der Waals surface area contributed by atoms with E-state index < -0.39 is 0 Å². The van der Waals surface area contributed by atoms with Crippen molar-refractivity contribution in [2.24, 2.45) is 0 Å². The summed E-state index contributed by atoms with van der Waals surface area (Å²) in [5, 5.41) is 0.699. The van der Waals surface area contributed by atoms with Gasteiger partial charge in [0, 0.05) is 13.7 Å². The highest BCUT2D eigenvalue weighted by atomic mass is 35.5. The maximum Gasteiger partial charge on any atom is 0.0789 e. The second kappa shape index (κ2) is 4.29. The van der Waals surface area contributed by atoms with Gasteiger partial charge in [-0.25, -0.2) is 0 Å². The molecule has 0 saturated carbocycles. The first-order valence-corrected chi connectivity index (χ1v) is 5.42. The first kappa shape index (κ1) is 10.6. The zero-order valence-corrected chi connectivity index (χ0v) is 9.50. The lowest BCUT2D eigenvalue weighted by atomic mass is 10.2. The molecule has 1 heterocycles. The molecule has 15 heavy (non-hydrogen) atoms. The van der Waals surface area contributed by atoms with Gasteiger partial charge in [0.05, 0.1) is 29.0 Å². The predicted octanol–water partition coefficient (Wildman–Crippen LogP) is 2.15. The number of hydrogen-bond acceptors (Lipinski definition) is 3. The van der Waals surface area contributed by atoms with Gasteiger partial charge in [-0.15, -0.1) is 0 Å². The van der Waals surface area contributed by atoms with Crippen molar-refractivity contribution in [3.05, 3.63) is 23.2 Å². The van der Waals surface area contributed by atoms with Gasteiger partial charge in [0.1, 0.15) is 0 Å². The summed E-state index contributed by atoms with van der Waals surface area (Å²) in [6.45, 7) is 1.57. The second-order valence-corrected chi connectivity index (χ2v) is 4.21. The van der Waals surface area contributed by atoms with Gasteiger partial charge in [-0.05, 0) is 18.6 Å². The number of nitrogens with zero attached hydrogens (tertiary/aromatic N) is 1. The largest absolute Gasteiger partial charge is 0.397 e. The monoisotopic (exact) mass is 226 g/mol. The maximum absolute atomic E-state index is 6.14. The van der Waals surface area contributed by atoms with E-state index in [0.29, 0.717) is 11.1 Å². The first-order valence-electron chi connectivity index (χ1n) is 5.04. The van der Waals surface area contributed by atoms with Crippen LogP contribution in [0.2, 0.25) is 5.02 Å². The molecule has 1 aromatic carbocycles. The van der Waals surface area contributed by atoms with Gasteiger partial charge in [0.25, 0.3) is 0 Å². The van der Waals surface area contributed by atoms with E-state index in [1.54, 1.807) is 0 Å². The Morgan fingerprint density at radius 2 is 2.33 bits per heavy atom. The van der Waals surface area contributed by atoms with Crippen LogP contribution in [0, 0.1) is 0 Å². The highest BCUT2D eigenvalue weighted by molar-refractivity contribution is 6.34. The molecule has 0 amide bonds. The van der Waals surface area contributed by atoms with Crippen LogP contribution in [-0.2, 0) is 4.74 Å². The number of anilines is 2. The zero-order chi connectivity index (χ0) is 10.8. The van der Waals surface area contributed by atoms with Crippen molar-refractivity contribution >= 4 is 23.0 Å². The fraction of sp³-hybridized carbons (Fsp3) is 0.455. The molecule has 0 aliphatic carbocycles. The first-order chi connectivity index (χ1) is 7.20. The third-order valence-corrected chi connectivity index (χ3v) is 3.13. The Kier molecular flexibility index (Phi) is 3.03. The lowest BCUT2D eigenvalue weighted by Crippen LogP contribution is -2.32. The highest BCUT2D eigenvalue weighted by Gasteiger charge is 2.23. The molecule has 0 bridgehead atoms. The van der Waals surface area contributed by atoms with Crippen LogP contribution in [0.15, 0.2) is 18.2 Å². The van der Waals surface area contributed by atoms with Crippen molar-refractivity contribution in [3.8, 4) is 0 Å². The predicted molar refractivity (Wildman–Crippen MR) is 63.5 cm³/mol.